The fourth-order valence-electron chi connectivity index (χ4n) is 4.13. The predicted molar refractivity (Wildman–Crippen MR) is 89.6 cm³/mol. The van der Waals surface area contributed by atoms with Gasteiger partial charge in [0, 0.05) is 18.6 Å². The SMILES string of the molecule is CC(C)N(CC1CCNCC1)C1CCCc2ccccc21. The van der Waals surface area contributed by atoms with E-state index in [1.807, 2.05) is 0 Å². The largest absolute Gasteiger partial charge is 0.317 e. The van der Waals surface area contributed by atoms with Gasteiger partial charge < -0.3 is 5.32 Å². The van der Waals surface area contributed by atoms with Crippen LogP contribution in [0.25, 0.3) is 0 Å². The average molecular weight is 286 g/mol. The molecule has 0 spiro atoms. The normalized spacial score (nSPS) is 23.5. The van der Waals surface area contributed by atoms with Crippen molar-refractivity contribution in [2.24, 2.45) is 5.92 Å². The number of nitrogens with one attached hydrogen (secondary N) is 1. The van der Waals surface area contributed by atoms with Crippen molar-refractivity contribution < 1.29 is 0 Å². The van der Waals surface area contributed by atoms with Gasteiger partial charge in [-0.3, -0.25) is 4.90 Å². The third-order valence-electron chi connectivity index (χ3n) is 5.33. The molecule has 1 aromatic carbocycles. The highest BCUT2D eigenvalue weighted by Crippen LogP contribution is 2.36. The Bertz CT molecular complexity index is 449. The zero-order valence-electron chi connectivity index (χ0n) is 13.6. The van der Waals surface area contributed by atoms with Crippen LogP contribution in [0.2, 0.25) is 0 Å². The number of aryl methyl sites for hydroxylation is 1. The van der Waals surface area contributed by atoms with E-state index in [-0.39, 0.29) is 0 Å². The summed E-state index contributed by atoms with van der Waals surface area (Å²) in [5.41, 5.74) is 3.19. The van der Waals surface area contributed by atoms with Crippen LogP contribution in [-0.4, -0.2) is 30.6 Å². The van der Waals surface area contributed by atoms with Crippen LogP contribution >= 0.6 is 0 Å². The maximum Gasteiger partial charge on any atom is 0.0353 e. The lowest BCUT2D eigenvalue weighted by Gasteiger charge is -2.41. The molecule has 0 bridgehead atoms. The molecular formula is C19H30N2. The highest BCUT2D eigenvalue weighted by atomic mass is 15.2. The molecule has 116 valence electrons. The highest BCUT2D eigenvalue weighted by Gasteiger charge is 2.29. The van der Waals surface area contributed by atoms with Crippen LogP contribution in [0.3, 0.4) is 0 Å². The number of nitrogens with zero attached hydrogens (tertiary/aromatic N) is 1. The zero-order chi connectivity index (χ0) is 14.7. The molecule has 0 aromatic heterocycles. The third-order valence-corrected chi connectivity index (χ3v) is 5.33. The first kappa shape index (κ1) is 15.1. The summed E-state index contributed by atoms with van der Waals surface area (Å²) in [6, 6.07) is 10.4. The van der Waals surface area contributed by atoms with Gasteiger partial charge in [-0.05, 0) is 76.1 Å². The average Bonchev–Trinajstić information content (AvgIpc) is 2.53. The van der Waals surface area contributed by atoms with Crippen LogP contribution in [0.15, 0.2) is 24.3 Å². The Hall–Kier alpha value is -0.860. The van der Waals surface area contributed by atoms with Crippen molar-refractivity contribution in [3.05, 3.63) is 35.4 Å². The minimum absolute atomic E-state index is 0.635. The van der Waals surface area contributed by atoms with E-state index >= 15 is 0 Å². The van der Waals surface area contributed by atoms with E-state index in [1.165, 1.54) is 51.7 Å². The maximum atomic E-state index is 3.49. The van der Waals surface area contributed by atoms with Crippen LogP contribution in [0.5, 0.6) is 0 Å². The number of rotatable bonds is 4. The number of piperidine rings is 1. The van der Waals surface area contributed by atoms with Crippen LogP contribution in [-0.2, 0) is 6.42 Å². The molecule has 1 heterocycles. The Balaban J connectivity index is 1.78. The molecule has 0 radical (unpaired) electrons. The van der Waals surface area contributed by atoms with E-state index in [0.717, 1.165) is 5.92 Å². The lowest BCUT2D eigenvalue weighted by atomic mass is 9.85. The highest BCUT2D eigenvalue weighted by molar-refractivity contribution is 5.32. The van der Waals surface area contributed by atoms with Gasteiger partial charge in [-0.25, -0.2) is 0 Å². The molecule has 1 unspecified atom stereocenters. The van der Waals surface area contributed by atoms with Crippen LogP contribution in [0.4, 0.5) is 0 Å². The molecule has 1 aliphatic heterocycles. The summed E-state index contributed by atoms with van der Waals surface area (Å²) < 4.78 is 0. The molecule has 2 nitrogen and oxygen atoms in total. The summed E-state index contributed by atoms with van der Waals surface area (Å²) >= 11 is 0. The maximum absolute atomic E-state index is 3.49. The second kappa shape index (κ2) is 6.93. The van der Waals surface area contributed by atoms with Crippen molar-refractivity contribution in [2.45, 2.75) is 58.0 Å². The molecule has 3 rings (SSSR count). The Labute approximate surface area is 129 Å². The van der Waals surface area contributed by atoms with Gasteiger partial charge in [-0.15, -0.1) is 0 Å². The van der Waals surface area contributed by atoms with Crippen molar-refractivity contribution in [2.75, 3.05) is 19.6 Å². The standard InChI is InChI=1S/C19H30N2/c1-15(2)21(14-16-10-12-20-13-11-16)19-9-5-7-17-6-3-4-8-18(17)19/h3-4,6,8,15-16,19-20H,5,7,9-14H2,1-2H3. The molecule has 1 fully saturated rings. The van der Waals surface area contributed by atoms with Crippen LogP contribution in [0, 0.1) is 5.92 Å². The van der Waals surface area contributed by atoms with Gasteiger partial charge in [0.2, 0.25) is 0 Å². The van der Waals surface area contributed by atoms with Crippen molar-refractivity contribution in [3.8, 4) is 0 Å². The summed E-state index contributed by atoms with van der Waals surface area (Å²) in [7, 11) is 0. The van der Waals surface area contributed by atoms with E-state index in [2.05, 4.69) is 48.3 Å². The van der Waals surface area contributed by atoms with Gasteiger partial charge >= 0.3 is 0 Å². The van der Waals surface area contributed by atoms with Crippen molar-refractivity contribution in [3.63, 3.8) is 0 Å². The number of hydrogen-bond donors (Lipinski definition) is 1. The van der Waals surface area contributed by atoms with E-state index < -0.39 is 0 Å². The molecule has 21 heavy (non-hydrogen) atoms. The van der Waals surface area contributed by atoms with E-state index in [4.69, 9.17) is 0 Å². The number of fused-ring (bicyclic) bond motifs is 1. The molecule has 2 aliphatic rings. The second-order valence-corrected chi connectivity index (χ2v) is 7.09. The van der Waals surface area contributed by atoms with Gasteiger partial charge in [-0.1, -0.05) is 24.3 Å². The quantitative estimate of drug-likeness (QED) is 0.906. The minimum Gasteiger partial charge on any atom is -0.317 e. The van der Waals surface area contributed by atoms with Crippen LogP contribution < -0.4 is 5.32 Å². The molecule has 0 amide bonds. The molecule has 0 saturated carbocycles. The second-order valence-electron chi connectivity index (χ2n) is 7.09. The summed E-state index contributed by atoms with van der Waals surface area (Å²) in [6.45, 7) is 8.44. The van der Waals surface area contributed by atoms with Gasteiger partial charge in [0.15, 0.2) is 0 Å². The Morgan fingerprint density at radius 2 is 1.90 bits per heavy atom. The summed E-state index contributed by atoms with van der Waals surface area (Å²) in [5, 5.41) is 3.49. The van der Waals surface area contributed by atoms with Crippen molar-refractivity contribution in [1.82, 2.24) is 10.2 Å². The first-order valence-corrected chi connectivity index (χ1v) is 8.80. The number of benzene rings is 1. The fourth-order valence-corrected chi connectivity index (χ4v) is 4.13. The lowest BCUT2D eigenvalue weighted by Crippen LogP contribution is -2.42. The predicted octanol–water partition coefficient (Wildman–Crippen LogP) is 3.77. The molecule has 1 atom stereocenters. The van der Waals surface area contributed by atoms with Gasteiger partial charge in [-0.2, -0.15) is 0 Å². The monoisotopic (exact) mass is 286 g/mol. The van der Waals surface area contributed by atoms with Crippen molar-refractivity contribution >= 4 is 0 Å². The third kappa shape index (κ3) is 3.49. The summed E-state index contributed by atoms with van der Waals surface area (Å²) in [6.07, 6.45) is 6.64. The van der Waals surface area contributed by atoms with E-state index in [1.54, 1.807) is 11.1 Å². The van der Waals surface area contributed by atoms with E-state index in [0.29, 0.717) is 12.1 Å². The zero-order valence-corrected chi connectivity index (χ0v) is 13.6. The first-order chi connectivity index (χ1) is 10.3. The molecular weight excluding hydrogens is 256 g/mol. The summed E-state index contributed by atoms with van der Waals surface area (Å²) in [4.78, 5) is 2.79. The molecule has 1 saturated heterocycles. The Morgan fingerprint density at radius 1 is 1.14 bits per heavy atom. The van der Waals surface area contributed by atoms with Gasteiger partial charge in [0.05, 0.1) is 0 Å². The molecule has 1 N–H and O–H groups in total. The lowest BCUT2D eigenvalue weighted by molar-refractivity contribution is 0.105. The Morgan fingerprint density at radius 3 is 2.67 bits per heavy atom. The molecule has 1 aromatic rings. The number of hydrogen-bond acceptors (Lipinski definition) is 2. The van der Waals surface area contributed by atoms with Gasteiger partial charge in [0.1, 0.15) is 0 Å². The molecule has 2 heteroatoms. The topological polar surface area (TPSA) is 15.3 Å². The first-order valence-electron chi connectivity index (χ1n) is 8.80. The summed E-state index contributed by atoms with van der Waals surface area (Å²) in [5.74, 6) is 0.878. The minimum atomic E-state index is 0.635. The van der Waals surface area contributed by atoms with Crippen molar-refractivity contribution in [1.29, 1.82) is 0 Å². The Kier molecular flexibility index (Phi) is 4.97. The van der Waals surface area contributed by atoms with Gasteiger partial charge in [0.25, 0.3) is 0 Å². The molecule has 1 aliphatic carbocycles. The van der Waals surface area contributed by atoms with E-state index in [9.17, 15) is 0 Å². The van der Waals surface area contributed by atoms with Crippen LogP contribution in [0.1, 0.15) is 56.7 Å². The smallest absolute Gasteiger partial charge is 0.0353 e. The fraction of sp³-hybridized carbons (Fsp3) is 0.684.